The standard InChI is InChI=1S/C16H24N2O2/c1-12-5-7-13(8-6-12)15-14(4-2-11-20-15)16(19)18-10-3-9-17/h5-8,14-15H,2-4,9-11,17H2,1H3,(H,18,19). The minimum Gasteiger partial charge on any atom is -0.373 e. The Kier molecular flexibility index (Phi) is 5.56. The van der Waals surface area contributed by atoms with Crippen molar-refractivity contribution < 1.29 is 9.53 Å². The molecule has 0 spiro atoms. The van der Waals surface area contributed by atoms with Crippen molar-refractivity contribution in [2.24, 2.45) is 11.7 Å². The Morgan fingerprint density at radius 1 is 1.40 bits per heavy atom. The highest BCUT2D eigenvalue weighted by atomic mass is 16.5. The van der Waals surface area contributed by atoms with Crippen LogP contribution in [0.15, 0.2) is 24.3 Å². The molecule has 1 amide bonds. The molecule has 110 valence electrons. The van der Waals surface area contributed by atoms with Crippen LogP contribution in [-0.4, -0.2) is 25.6 Å². The van der Waals surface area contributed by atoms with Crippen molar-refractivity contribution in [3.8, 4) is 0 Å². The lowest BCUT2D eigenvalue weighted by molar-refractivity contribution is -0.134. The van der Waals surface area contributed by atoms with E-state index in [0.717, 1.165) is 31.4 Å². The fourth-order valence-corrected chi connectivity index (χ4v) is 2.58. The summed E-state index contributed by atoms with van der Waals surface area (Å²) in [4.78, 5) is 12.3. The van der Waals surface area contributed by atoms with E-state index in [1.807, 2.05) is 0 Å². The van der Waals surface area contributed by atoms with Crippen LogP contribution in [-0.2, 0) is 9.53 Å². The number of rotatable bonds is 5. The summed E-state index contributed by atoms with van der Waals surface area (Å²) in [6.45, 7) is 4.03. The second-order valence-corrected chi connectivity index (χ2v) is 5.38. The number of amides is 1. The molecule has 1 heterocycles. The second kappa shape index (κ2) is 7.41. The molecule has 0 saturated carbocycles. The molecule has 0 radical (unpaired) electrons. The zero-order valence-electron chi connectivity index (χ0n) is 12.1. The highest BCUT2D eigenvalue weighted by Gasteiger charge is 2.32. The highest BCUT2D eigenvalue weighted by Crippen LogP contribution is 2.33. The average Bonchev–Trinajstić information content (AvgIpc) is 2.48. The molecule has 1 aliphatic heterocycles. The van der Waals surface area contributed by atoms with Crippen LogP contribution in [0, 0.1) is 12.8 Å². The van der Waals surface area contributed by atoms with Crippen molar-refractivity contribution in [3.05, 3.63) is 35.4 Å². The minimum absolute atomic E-state index is 0.0868. The fraction of sp³-hybridized carbons (Fsp3) is 0.562. The van der Waals surface area contributed by atoms with Gasteiger partial charge in [0.15, 0.2) is 0 Å². The van der Waals surface area contributed by atoms with Crippen LogP contribution in [0.1, 0.15) is 36.5 Å². The molecule has 0 bridgehead atoms. The zero-order chi connectivity index (χ0) is 14.4. The molecule has 4 heteroatoms. The molecule has 1 aromatic rings. The lowest BCUT2D eigenvalue weighted by atomic mass is 9.88. The Morgan fingerprint density at radius 2 is 2.15 bits per heavy atom. The van der Waals surface area contributed by atoms with Gasteiger partial charge in [0.25, 0.3) is 0 Å². The normalized spacial score (nSPS) is 22.5. The summed E-state index contributed by atoms with van der Waals surface area (Å²) in [5, 5.41) is 2.97. The van der Waals surface area contributed by atoms with Crippen LogP contribution in [0.2, 0.25) is 0 Å². The maximum absolute atomic E-state index is 12.3. The SMILES string of the molecule is Cc1ccc(C2OCCCC2C(=O)NCCCN)cc1. The Labute approximate surface area is 120 Å². The second-order valence-electron chi connectivity index (χ2n) is 5.38. The fourth-order valence-electron chi connectivity index (χ4n) is 2.58. The molecule has 0 aliphatic carbocycles. The van der Waals surface area contributed by atoms with E-state index < -0.39 is 0 Å². The summed E-state index contributed by atoms with van der Waals surface area (Å²) in [6.07, 6.45) is 2.51. The monoisotopic (exact) mass is 276 g/mol. The topological polar surface area (TPSA) is 64.3 Å². The van der Waals surface area contributed by atoms with Crippen LogP contribution in [0.5, 0.6) is 0 Å². The van der Waals surface area contributed by atoms with Crippen LogP contribution in [0.25, 0.3) is 0 Å². The molecule has 2 atom stereocenters. The smallest absolute Gasteiger partial charge is 0.226 e. The summed E-state index contributed by atoms with van der Waals surface area (Å²) < 4.78 is 5.86. The van der Waals surface area contributed by atoms with Gasteiger partial charge in [-0.2, -0.15) is 0 Å². The van der Waals surface area contributed by atoms with E-state index in [1.54, 1.807) is 0 Å². The third kappa shape index (κ3) is 3.81. The van der Waals surface area contributed by atoms with E-state index in [-0.39, 0.29) is 17.9 Å². The quantitative estimate of drug-likeness (QED) is 0.808. The number of nitrogens with two attached hydrogens (primary N) is 1. The zero-order valence-corrected chi connectivity index (χ0v) is 12.1. The van der Waals surface area contributed by atoms with Crippen molar-refractivity contribution in [3.63, 3.8) is 0 Å². The van der Waals surface area contributed by atoms with Gasteiger partial charge >= 0.3 is 0 Å². The van der Waals surface area contributed by atoms with Gasteiger partial charge in [-0.1, -0.05) is 29.8 Å². The van der Waals surface area contributed by atoms with Gasteiger partial charge in [0, 0.05) is 13.2 Å². The Bertz CT molecular complexity index is 431. The third-order valence-corrected chi connectivity index (χ3v) is 3.75. The number of benzene rings is 1. The van der Waals surface area contributed by atoms with Gasteiger partial charge in [0.2, 0.25) is 5.91 Å². The van der Waals surface area contributed by atoms with E-state index >= 15 is 0 Å². The molecule has 4 nitrogen and oxygen atoms in total. The molecule has 3 N–H and O–H groups in total. The van der Waals surface area contributed by atoms with Crippen LogP contribution in [0.4, 0.5) is 0 Å². The van der Waals surface area contributed by atoms with E-state index in [0.29, 0.717) is 13.1 Å². The van der Waals surface area contributed by atoms with Gasteiger partial charge in [-0.05, 0) is 38.3 Å². The summed E-state index contributed by atoms with van der Waals surface area (Å²) in [7, 11) is 0. The minimum atomic E-state index is -0.123. The maximum atomic E-state index is 12.3. The van der Waals surface area contributed by atoms with Crippen molar-refractivity contribution in [1.29, 1.82) is 0 Å². The molecule has 0 aromatic heterocycles. The molecular weight excluding hydrogens is 252 g/mol. The number of aryl methyl sites for hydroxylation is 1. The Morgan fingerprint density at radius 3 is 2.85 bits per heavy atom. The summed E-state index contributed by atoms with van der Waals surface area (Å²) in [5.74, 6) is -0.00652. The van der Waals surface area contributed by atoms with Gasteiger partial charge in [-0.15, -0.1) is 0 Å². The molecule has 1 fully saturated rings. The van der Waals surface area contributed by atoms with Crippen LogP contribution < -0.4 is 11.1 Å². The van der Waals surface area contributed by atoms with Gasteiger partial charge < -0.3 is 15.8 Å². The van der Waals surface area contributed by atoms with Gasteiger partial charge in [0.1, 0.15) is 0 Å². The molecule has 2 unspecified atom stereocenters. The summed E-state index contributed by atoms with van der Waals surface area (Å²) >= 11 is 0. The van der Waals surface area contributed by atoms with Gasteiger partial charge in [-0.25, -0.2) is 0 Å². The van der Waals surface area contributed by atoms with Gasteiger partial charge in [0.05, 0.1) is 12.0 Å². The van der Waals surface area contributed by atoms with Crippen LogP contribution in [0.3, 0.4) is 0 Å². The maximum Gasteiger partial charge on any atom is 0.226 e. The first-order chi connectivity index (χ1) is 9.72. The number of hydrogen-bond acceptors (Lipinski definition) is 3. The molecule has 2 rings (SSSR count). The first-order valence-corrected chi connectivity index (χ1v) is 7.38. The van der Waals surface area contributed by atoms with E-state index in [1.165, 1.54) is 5.56 Å². The first-order valence-electron chi connectivity index (χ1n) is 7.38. The molecule has 20 heavy (non-hydrogen) atoms. The number of hydrogen-bond donors (Lipinski definition) is 2. The van der Waals surface area contributed by atoms with Crippen molar-refractivity contribution in [2.75, 3.05) is 19.7 Å². The molecule has 1 aromatic carbocycles. The number of carbonyl (C=O) groups excluding carboxylic acids is 1. The van der Waals surface area contributed by atoms with Crippen molar-refractivity contribution in [2.45, 2.75) is 32.3 Å². The summed E-state index contributed by atoms with van der Waals surface area (Å²) in [5.41, 5.74) is 7.76. The Balaban J connectivity index is 2.04. The third-order valence-electron chi connectivity index (χ3n) is 3.75. The molecular formula is C16H24N2O2. The van der Waals surface area contributed by atoms with E-state index in [2.05, 4.69) is 36.5 Å². The predicted molar refractivity (Wildman–Crippen MR) is 79.3 cm³/mol. The van der Waals surface area contributed by atoms with Gasteiger partial charge in [-0.3, -0.25) is 4.79 Å². The van der Waals surface area contributed by atoms with Crippen LogP contribution >= 0.6 is 0 Å². The molecule has 1 aliphatic rings. The van der Waals surface area contributed by atoms with Crippen molar-refractivity contribution >= 4 is 5.91 Å². The number of carbonyl (C=O) groups is 1. The molecule has 1 saturated heterocycles. The van der Waals surface area contributed by atoms with Crippen molar-refractivity contribution in [1.82, 2.24) is 5.32 Å². The first kappa shape index (κ1) is 15.0. The summed E-state index contributed by atoms with van der Waals surface area (Å²) in [6, 6.07) is 8.25. The van der Waals surface area contributed by atoms with E-state index in [9.17, 15) is 4.79 Å². The highest BCUT2D eigenvalue weighted by molar-refractivity contribution is 5.79. The van der Waals surface area contributed by atoms with E-state index in [4.69, 9.17) is 10.5 Å². The number of nitrogens with one attached hydrogen (secondary N) is 1. The largest absolute Gasteiger partial charge is 0.373 e. The average molecular weight is 276 g/mol. The Hall–Kier alpha value is -1.39. The number of ether oxygens (including phenoxy) is 1. The lowest BCUT2D eigenvalue weighted by Crippen LogP contribution is -2.38. The predicted octanol–water partition coefficient (Wildman–Crippen LogP) is 1.93. The lowest BCUT2D eigenvalue weighted by Gasteiger charge is -2.31.